The first kappa shape index (κ1) is 15.6. The third-order valence-electron chi connectivity index (χ3n) is 3.97. The lowest BCUT2D eigenvalue weighted by Crippen LogP contribution is -2.28. The molecule has 1 aliphatic heterocycles. The Balaban J connectivity index is 1.52. The molecule has 1 aliphatic rings. The van der Waals surface area contributed by atoms with Crippen molar-refractivity contribution in [1.82, 2.24) is 30.2 Å². The average molecular weight is 318 g/mol. The molecule has 0 saturated heterocycles. The summed E-state index contributed by atoms with van der Waals surface area (Å²) in [6.07, 6.45) is 2.80. The molecule has 0 fully saturated rings. The smallest absolute Gasteiger partial charge is 0.227 e. The zero-order valence-corrected chi connectivity index (χ0v) is 13.7. The van der Waals surface area contributed by atoms with Crippen molar-refractivity contribution >= 4 is 5.91 Å². The predicted octanol–water partition coefficient (Wildman–Crippen LogP) is 1.54. The number of hydrogen-bond acceptors (Lipinski definition) is 6. The second kappa shape index (κ2) is 6.47. The van der Waals surface area contributed by atoms with E-state index >= 15 is 0 Å². The van der Waals surface area contributed by atoms with Crippen molar-refractivity contribution in [1.29, 1.82) is 0 Å². The highest BCUT2D eigenvalue weighted by atomic mass is 16.5. The van der Waals surface area contributed by atoms with Crippen LogP contribution in [-0.2, 0) is 24.2 Å². The van der Waals surface area contributed by atoms with E-state index in [1.54, 1.807) is 0 Å². The van der Waals surface area contributed by atoms with Crippen LogP contribution in [0, 0.1) is 0 Å². The van der Waals surface area contributed by atoms with Crippen molar-refractivity contribution in [3.05, 3.63) is 23.4 Å². The Bertz CT molecular complexity index is 690. The number of hydrogen-bond donors (Lipinski definition) is 1. The summed E-state index contributed by atoms with van der Waals surface area (Å²) in [5.41, 5.74) is 0. The van der Waals surface area contributed by atoms with Crippen molar-refractivity contribution in [3.8, 4) is 0 Å². The molecule has 1 amide bonds. The van der Waals surface area contributed by atoms with Gasteiger partial charge in [-0.15, -0.1) is 10.2 Å². The van der Waals surface area contributed by atoms with E-state index in [9.17, 15) is 4.79 Å². The fourth-order valence-corrected chi connectivity index (χ4v) is 2.70. The fourth-order valence-electron chi connectivity index (χ4n) is 2.70. The molecule has 0 aromatic carbocycles. The summed E-state index contributed by atoms with van der Waals surface area (Å²) in [6.45, 7) is 6.86. The van der Waals surface area contributed by atoms with Crippen molar-refractivity contribution in [2.75, 3.05) is 0 Å². The zero-order valence-electron chi connectivity index (χ0n) is 13.7. The van der Waals surface area contributed by atoms with Crippen LogP contribution in [0.2, 0.25) is 0 Å². The number of rotatable bonds is 6. The minimum Gasteiger partial charge on any atom is -0.346 e. The molecule has 8 nitrogen and oxygen atoms in total. The van der Waals surface area contributed by atoms with E-state index in [2.05, 4.69) is 30.2 Å². The third-order valence-corrected chi connectivity index (χ3v) is 3.97. The van der Waals surface area contributed by atoms with Crippen LogP contribution < -0.4 is 5.32 Å². The normalized spacial score (nSPS) is 15.0. The highest BCUT2D eigenvalue weighted by Crippen LogP contribution is 2.19. The summed E-state index contributed by atoms with van der Waals surface area (Å²) in [7, 11) is 0. The van der Waals surface area contributed by atoms with Gasteiger partial charge < -0.3 is 14.4 Å². The van der Waals surface area contributed by atoms with Crippen LogP contribution in [0.15, 0.2) is 4.52 Å². The maximum Gasteiger partial charge on any atom is 0.227 e. The van der Waals surface area contributed by atoms with Gasteiger partial charge in [-0.2, -0.15) is 4.98 Å². The monoisotopic (exact) mass is 318 g/mol. The summed E-state index contributed by atoms with van der Waals surface area (Å²) in [5, 5.41) is 15.2. The number of carbonyl (C=O) groups excluding carboxylic acids is 1. The van der Waals surface area contributed by atoms with Gasteiger partial charge in [0.05, 0.1) is 6.04 Å². The summed E-state index contributed by atoms with van der Waals surface area (Å²) in [4.78, 5) is 16.4. The molecule has 3 heterocycles. The molecule has 3 rings (SSSR count). The van der Waals surface area contributed by atoms with Crippen LogP contribution in [0.3, 0.4) is 0 Å². The van der Waals surface area contributed by atoms with Gasteiger partial charge in [-0.3, -0.25) is 4.79 Å². The number of aromatic nitrogens is 5. The topological polar surface area (TPSA) is 98.7 Å². The lowest BCUT2D eigenvalue weighted by Gasteiger charge is -2.13. The van der Waals surface area contributed by atoms with E-state index in [4.69, 9.17) is 4.52 Å². The quantitative estimate of drug-likeness (QED) is 0.867. The summed E-state index contributed by atoms with van der Waals surface area (Å²) in [6, 6.07) is -0.157. The van der Waals surface area contributed by atoms with Gasteiger partial charge in [0.15, 0.2) is 11.6 Å². The number of nitrogens with zero attached hydrogens (tertiary/aromatic N) is 5. The summed E-state index contributed by atoms with van der Waals surface area (Å²) >= 11 is 0. The van der Waals surface area contributed by atoms with Crippen molar-refractivity contribution in [3.63, 3.8) is 0 Å². The molecule has 0 bridgehead atoms. The van der Waals surface area contributed by atoms with Crippen molar-refractivity contribution < 1.29 is 9.32 Å². The van der Waals surface area contributed by atoms with Crippen molar-refractivity contribution in [2.24, 2.45) is 0 Å². The van der Waals surface area contributed by atoms with Gasteiger partial charge in [0.25, 0.3) is 0 Å². The zero-order chi connectivity index (χ0) is 16.4. The number of aryl methyl sites for hydroxylation is 2. The fraction of sp³-hybridized carbons (Fsp3) is 0.667. The molecule has 8 heteroatoms. The maximum atomic E-state index is 12.1. The average Bonchev–Trinajstić information content (AvgIpc) is 3.20. The lowest BCUT2D eigenvalue weighted by molar-refractivity contribution is -0.121. The Kier molecular flexibility index (Phi) is 4.40. The van der Waals surface area contributed by atoms with E-state index in [-0.39, 0.29) is 17.9 Å². The van der Waals surface area contributed by atoms with Crippen LogP contribution in [0.4, 0.5) is 0 Å². The first-order chi connectivity index (χ1) is 11.0. The molecule has 0 saturated carbocycles. The van der Waals surface area contributed by atoms with Gasteiger partial charge in [0.1, 0.15) is 5.82 Å². The van der Waals surface area contributed by atoms with Gasteiger partial charge >= 0.3 is 0 Å². The minimum absolute atomic E-state index is 0.0582. The molecule has 124 valence electrons. The van der Waals surface area contributed by atoms with Crippen LogP contribution in [0.5, 0.6) is 0 Å². The molecular weight excluding hydrogens is 296 g/mol. The van der Waals surface area contributed by atoms with Crippen molar-refractivity contribution in [2.45, 2.75) is 65.0 Å². The van der Waals surface area contributed by atoms with Crippen LogP contribution in [-0.4, -0.2) is 30.8 Å². The highest BCUT2D eigenvalue weighted by molar-refractivity contribution is 5.76. The Labute approximate surface area is 134 Å². The van der Waals surface area contributed by atoms with E-state index in [1.807, 2.05) is 20.8 Å². The maximum absolute atomic E-state index is 12.1. The van der Waals surface area contributed by atoms with Gasteiger partial charge in [-0.25, -0.2) is 0 Å². The summed E-state index contributed by atoms with van der Waals surface area (Å²) in [5.74, 6) is 3.17. The highest BCUT2D eigenvalue weighted by Gasteiger charge is 2.22. The lowest BCUT2D eigenvalue weighted by atomic mass is 10.2. The molecule has 0 radical (unpaired) electrons. The van der Waals surface area contributed by atoms with Crippen LogP contribution in [0.25, 0.3) is 0 Å². The molecule has 1 atom stereocenters. The SMILES string of the molecule is CC(C)c1noc(CCC(=O)N[C@@H](C)c2nnc3n2CCC3)n1. The van der Waals surface area contributed by atoms with Gasteiger partial charge in [0.2, 0.25) is 11.8 Å². The number of nitrogens with one attached hydrogen (secondary N) is 1. The minimum atomic E-state index is -0.157. The van der Waals surface area contributed by atoms with Gasteiger partial charge in [-0.1, -0.05) is 19.0 Å². The standard InChI is InChI=1S/C15H22N6O2/c1-9(2)14-17-13(23-20-14)7-6-12(22)16-10(3)15-19-18-11-5-4-8-21(11)15/h9-10H,4-8H2,1-3H3,(H,16,22)/t10-/m0/s1. The first-order valence-corrected chi connectivity index (χ1v) is 8.08. The second-order valence-electron chi connectivity index (χ2n) is 6.22. The van der Waals surface area contributed by atoms with E-state index in [1.165, 1.54) is 0 Å². The third kappa shape index (κ3) is 3.40. The largest absolute Gasteiger partial charge is 0.346 e. The Hall–Kier alpha value is -2.25. The molecule has 1 N–H and O–H groups in total. The Morgan fingerprint density at radius 1 is 1.35 bits per heavy atom. The Morgan fingerprint density at radius 3 is 2.91 bits per heavy atom. The molecule has 0 spiro atoms. The molecule has 0 unspecified atom stereocenters. The van der Waals surface area contributed by atoms with Gasteiger partial charge in [0, 0.05) is 31.7 Å². The van der Waals surface area contributed by atoms with Gasteiger partial charge in [-0.05, 0) is 13.3 Å². The first-order valence-electron chi connectivity index (χ1n) is 8.08. The van der Waals surface area contributed by atoms with E-state index < -0.39 is 0 Å². The molecule has 2 aromatic rings. The number of fused-ring (bicyclic) bond motifs is 1. The second-order valence-corrected chi connectivity index (χ2v) is 6.22. The molecule has 2 aromatic heterocycles. The van der Waals surface area contributed by atoms with E-state index in [0.29, 0.717) is 24.6 Å². The van der Waals surface area contributed by atoms with Crippen LogP contribution in [0.1, 0.15) is 68.9 Å². The molecule has 23 heavy (non-hydrogen) atoms. The number of amides is 1. The van der Waals surface area contributed by atoms with Crippen LogP contribution >= 0.6 is 0 Å². The number of carbonyl (C=O) groups is 1. The van der Waals surface area contributed by atoms with E-state index in [0.717, 1.165) is 31.0 Å². The molecule has 0 aliphatic carbocycles. The molecular formula is C15H22N6O2. The predicted molar refractivity (Wildman–Crippen MR) is 81.6 cm³/mol. The Morgan fingerprint density at radius 2 is 2.17 bits per heavy atom. The summed E-state index contributed by atoms with van der Waals surface area (Å²) < 4.78 is 7.24.